The highest BCUT2D eigenvalue weighted by Crippen LogP contribution is 2.51. The molecule has 0 saturated carbocycles. The molecule has 0 radical (unpaired) electrons. The molecule has 0 atom stereocenters. The van der Waals surface area contributed by atoms with E-state index in [0.29, 0.717) is 9.23 Å². The maximum Gasteiger partial charge on any atom is 0.273 e. The zero-order valence-electron chi connectivity index (χ0n) is 14.5. The zero-order chi connectivity index (χ0) is 18.4. The molecule has 0 bridgehead atoms. The van der Waals surface area contributed by atoms with Crippen LogP contribution in [-0.4, -0.2) is 24.4 Å². The zero-order valence-corrected chi connectivity index (χ0v) is 16.9. The van der Waals surface area contributed by atoms with Crippen molar-refractivity contribution in [1.29, 1.82) is 0 Å². The first-order valence-electron chi connectivity index (χ1n) is 7.96. The van der Waals surface area contributed by atoms with Crippen molar-refractivity contribution in [2.45, 2.75) is 11.8 Å². The lowest BCUT2D eigenvalue weighted by molar-refractivity contribution is -0.113. The maximum atomic E-state index is 13.1. The lowest BCUT2D eigenvalue weighted by Gasteiger charge is -2.16. The van der Waals surface area contributed by atoms with E-state index in [1.807, 2.05) is 61.3 Å². The van der Waals surface area contributed by atoms with Crippen molar-refractivity contribution in [3.8, 4) is 5.75 Å². The Morgan fingerprint density at radius 2 is 1.81 bits per heavy atom. The summed E-state index contributed by atoms with van der Waals surface area (Å²) in [7, 11) is 3.61. The van der Waals surface area contributed by atoms with Crippen molar-refractivity contribution in [2.75, 3.05) is 24.0 Å². The van der Waals surface area contributed by atoms with Crippen LogP contribution in [0.25, 0.3) is 0 Å². The smallest absolute Gasteiger partial charge is 0.273 e. The summed E-state index contributed by atoms with van der Waals surface area (Å²) in [5.74, 6) is 0.725. The van der Waals surface area contributed by atoms with Crippen LogP contribution in [0.2, 0.25) is 0 Å². The number of nitrogens with zero attached hydrogens (tertiary/aromatic N) is 2. The van der Waals surface area contributed by atoms with Crippen LogP contribution in [0.3, 0.4) is 0 Å². The minimum atomic E-state index is -0.0713. The van der Waals surface area contributed by atoms with Gasteiger partial charge in [0.05, 0.1) is 23.5 Å². The van der Waals surface area contributed by atoms with Gasteiger partial charge in [-0.15, -0.1) is 0 Å². The molecule has 4 nitrogen and oxygen atoms in total. The molecule has 2 aromatic rings. The van der Waals surface area contributed by atoms with Crippen LogP contribution >= 0.6 is 35.7 Å². The highest BCUT2D eigenvalue weighted by Gasteiger charge is 2.39. The number of carbonyl (C=O) groups excluding carboxylic acids is 1. The third-order valence-electron chi connectivity index (χ3n) is 4.29. The second-order valence-corrected chi connectivity index (χ2v) is 8.65. The predicted molar refractivity (Wildman–Crippen MR) is 113 cm³/mol. The number of anilines is 2. The third kappa shape index (κ3) is 2.80. The minimum absolute atomic E-state index is 0.0713. The molecular formula is C19H16N2O2S3. The van der Waals surface area contributed by atoms with E-state index in [9.17, 15) is 4.79 Å². The van der Waals surface area contributed by atoms with Crippen molar-refractivity contribution < 1.29 is 9.53 Å². The van der Waals surface area contributed by atoms with Gasteiger partial charge in [-0.3, -0.25) is 9.69 Å². The second-order valence-electron chi connectivity index (χ2n) is 5.97. The Labute approximate surface area is 166 Å². The van der Waals surface area contributed by atoms with Crippen LogP contribution in [0, 0.1) is 6.92 Å². The molecule has 2 aliphatic rings. The van der Waals surface area contributed by atoms with E-state index in [1.165, 1.54) is 11.8 Å². The molecular weight excluding hydrogens is 384 g/mol. The fourth-order valence-electron chi connectivity index (χ4n) is 2.87. The number of hydrogen-bond acceptors (Lipinski definition) is 6. The number of rotatable bonds is 2. The van der Waals surface area contributed by atoms with Gasteiger partial charge in [0.15, 0.2) is 4.32 Å². The number of fused-ring (bicyclic) bond motifs is 1. The SMILES string of the molecule is COc1ccc2c(c1)N(C)C(=C1SC(=S)N(c3ccc(C)cc3)C1=O)S2. The summed E-state index contributed by atoms with van der Waals surface area (Å²) in [6.45, 7) is 2.02. The van der Waals surface area contributed by atoms with E-state index in [1.54, 1.807) is 23.8 Å². The first kappa shape index (κ1) is 17.5. The van der Waals surface area contributed by atoms with Crippen LogP contribution in [-0.2, 0) is 4.79 Å². The molecule has 1 amide bonds. The number of thioether (sulfide) groups is 2. The molecule has 0 aromatic heterocycles. The number of thiocarbonyl (C=S) groups is 1. The topological polar surface area (TPSA) is 32.8 Å². The Morgan fingerprint density at radius 1 is 1.08 bits per heavy atom. The molecule has 7 heteroatoms. The quantitative estimate of drug-likeness (QED) is 0.533. The molecule has 1 fully saturated rings. The standard InChI is InChI=1S/C19H16N2O2S3/c1-11-4-6-12(7-5-11)21-17(22)16(26-19(21)24)18-20(2)14-10-13(23-3)8-9-15(14)25-18/h4-10H,1-3H3. The molecule has 0 spiro atoms. The van der Waals surface area contributed by atoms with Gasteiger partial charge in [-0.2, -0.15) is 0 Å². The Balaban J connectivity index is 1.71. The lowest BCUT2D eigenvalue weighted by Crippen LogP contribution is -2.28. The number of ether oxygens (including phenoxy) is 1. The van der Waals surface area contributed by atoms with Gasteiger partial charge >= 0.3 is 0 Å². The minimum Gasteiger partial charge on any atom is -0.497 e. The Morgan fingerprint density at radius 3 is 2.50 bits per heavy atom. The highest BCUT2D eigenvalue weighted by atomic mass is 32.2. The average molecular weight is 401 g/mol. The van der Waals surface area contributed by atoms with Crippen molar-refractivity contribution in [2.24, 2.45) is 0 Å². The monoisotopic (exact) mass is 400 g/mol. The molecule has 0 N–H and O–H groups in total. The molecule has 1 saturated heterocycles. The normalized spacial score (nSPS) is 19.3. The van der Waals surface area contributed by atoms with Crippen LogP contribution in [0.15, 0.2) is 57.3 Å². The van der Waals surface area contributed by atoms with Gasteiger partial charge in [-0.25, -0.2) is 0 Å². The Bertz CT molecular complexity index is 954. The van der Waals surface area contributed by atoms with Crippen LogP contribution < -0.4 is 14.5 Å². The van der Waals surface area contributed by atoms with Gasteiger partial charge in [0.1, 0.15) is 10.7 Å². The van der Waals surface area contributed by atoms with Crippen molar-refractivity contribution >= 4 is 57.3 Å². The van der Waals surface area contributed by atoms with Crippen molar-refractivity contribution in [1.82, 2.24) is 0 Å². The van der Waals surface area contributed by atoms with Gasteiger partial charge in [-0.1, -0.05) is 53.4 Å². The third-order valence-corrected chi connectivity index (χ3v) is 7.02. The average Bonchev–Trinajstić information content (AvgIpc) is 3.12. The summed E-state index contributed by atoms with van der Waals surface area (Å²) in [5, 5.41) is 0.903. The summed E-state index contributed by atoms with van der Waals surface area (Å²) >= 11 is 8.44. The van der Waals surface area contributed by atoms with E-state index < -0.39 is 0 Å². The predicted octanol–water partition coefficient (Wildman–Crippen LogP) is 4.78. The van der Waals surface area contributed by atoms with E-state index in [-0.39, 0.29) is 5.91 Å². The summed E-state index contributed by atoms with van der Waals surface area (Å²) in [5.41, 5.74) is 2.98. The fourth-order valence-corrected chi connectivity index (χ4v) is 5.47. The largest absolute Gasteiger partial charge is 0.497 e. The van der Waals surface area contributed by atoms with E-state index in [2.05, 4.69) is 0 Å². The van der Waals surface area contributed by atoms with E-state index >= 15 is 0 Å². The summed E-state index contributed by atoms with van der Waals surface area (Å²) < 4.78 is 5.88. The number of amides is 1. The summed E-state index contributed by atoms with van der Waals surface area (Å²) in [6, 6.07) is 13.8. The van der Waals surface area contributed by atoms with Gasteiger partial charge in [-0.05, 0) is 31.2 Å². The van der Waals surface area contributed by atoms with E-state index in [0.717, 1.165) is 32.6 Å². The Hall–Kier alpha value is -1.96. The molecule has 0 aliphatic carbocycles. The van der Waals surface area contributed by atoms with E-state index in [4.69, 9.17) is 17.0 Å². The molecule has 132 valence electrons. The van der Waals surface area contributed by atoms with Gasteiger partial charge < -0.3 is 9.64 Å². The van der Waals surface area contributed by atoms with Crippen LogP contribution in [0.4, 0.5) is 11.4 Å². The number of hydrogen-bond donors (Lipinski definition) is 0. The van der Waals surface area contributed by atoms with Gasteiger partial charge in [0.2, 0.25) is 0 Å². The number of methoxy groups -OCH3 is 1. The van der Waals surface area contributed by atoms with Gasteiger partial charge in [0.25, 0.3) is 5.91 Å². The molecule has 4 rings (SSSR count). The summed E-state index contributed by atoms with van der Waals surface area (Å²) in [4.78, 5) is 18.5. The van der Waals surface area contributed by atoms with Gasteiger partial charge in [0, 0.05) is 18.0 Å². The first-order valence-corrected chi connectivity index (χ1v) is 10.0. The number of carbonyl (C=O) groups is 1. The Kier molecular flexibility index (Phi) is 4.46. The van der Waals surface area contributed by atoms with Crippen molar-refractivity contribution in [3.05, 3.63) is 58.0 Å². The highest BCUT2D eigenvalue weighted by molar-refractivity contribution is 8.27. The maximum absolute atomic E-state index is 13.1. The molecule has 2 aromatic carbocycles. The first-order chi connectivity index (χ1) is 12.5. The van der Waals surface area contributed by atoms with Crippen LogP contribution in [0.1, 0.15) is 5.56 Å². The lowest BCUT2D eigenvalue weighted by atomic mass is 10.2. The number of aryl methyl sites for hydroxylation is 1. The molecule has 2 heterocycles. The van der Waals surface area contributed by atoms with Crippen molar-refractivity contribution in [3.63, 3.8) is 0 Å². The van der Waals surface area contributed by atoms with Crippen LogP contribution in [0.5, 0.6) is 5.75 Å². The molecule has 0 unspecified atom stereocenters. The number of benzene rings is 2. The summed E-state index contributed by atoms with van der Waals surface area (Å²) in [6.07, 6.45) is 0. The molecule has 2 aliphatic heterocycles. The molecule has 26 heavy (non-hydrogen) atoms. The second kappa shape index (κ2) is 6.64. The fraction of sp³-hybridized carbons (Fsp3) is 0.158.